The van der Waals surface area contributed by atoms with E-state index in [0.717, 1.165) is 11.6 Å². The summed E-state index contributed by atoms with van der Waals surface area (Å²) in [6, 6.07) is 1.73. The number of carbonyl (C=O) groups is 1. The fraction of sp³-hybridized carbons (Fsp3) is 0.350. The minimum Gasteiger partial charge on any atom is -0.396 e. The smallest absolute Gasteiger partial charge is 0.396 e. The molecule has 0 aromatic carbocycles. The fourth-order valence-corrected chi connectivity index (χ4v) is 3.32. The van der Waals surface area contributed by atoms with E-state index in [9.17, 15) is 18.0 Å². The van der Waals surface area contributed by atoms with Crippen molar-refractivity contribution in [3.63, 3.8) is 0 Å². The molecule has 3 aromatic rings. The highest BCUT2D eigenvalue weighted by molar-refractivity contribution is 6.02. The standard InChI is InChI=1S/C20H21F3N8O2/c1-11-16-17(28-14(4-5-32)18(33)29-16)30-19(27-11)25-7-13-8-26-31(10-13)9-12-2-3-15(24-6-12)20(21,22)23/h2-3,6,8,10,14,32H,4-5,7,9H2,1H3,(H,29,33)(H2,25,27,28,30). The molecule has 1 aliphatic heterocycles. The average Bonchev–Trinajstić information content (AvgIpc) is 3.21. The number of fused-ring (bicyclic) bond motifs is 1. The summed E-state index contributed by atoms with van der Waals surface area (Å²) in [5, 5.41) is 22.2. The monoisotopic (exact) mass is 462 g/mol. The maximum atomic E-state index is 12.6. The van der Waals surface area contributed by atoms with Gasteiger partial charge in [0.1, 0.15) is 17.4 Å². The van der Waals surface area contributed by atoms with E-state index in [4.69, 9.17) is 5.11 Å². The van der Waals surface area contributed by atoms with Gasteiger partial charge in [-0.1, -0.05) is 6.07 Å². The van der Waals surface area contributed by atoms with Crippen LogP contribution in [0, 0.1) is 6.92 Å². The number of aromatic nitrogens is 5. The number of aliphatic hydroxyl groups excluding tert-OH is 1. The Morgan fingerprint density at radius 2 is 2.03 bits per heavy atom. The van der Waals surface area contributed by atoms with Crippen LogP contribution in [0.5, 0.6) is 0 Å². The molecule has 0 saturated carbocycles. The van der Waals surface area contributed by atoms with Crippen LogP contribution in [-0.4, -0.2) is 48.4 Å². The van der Waals surface area contributed by atoms with Gasteiger partial charge in [-0.15, -0.1) is 0 Å². The van der Waals surface area contributed by atoms with Crippen LogP contribution >= 0.6 is 0 Å². The van der Waals surface area contributed by atoms with Gasteiger partial charge in [0.05, 0.1) is 18.4 Å². The van der Waals surface area contributed by atoms with Crippen molar-refractivity contribution in [3.05, 3.63) is 53.2 Å². The van der Waals surface area contributed by atoms with E-state index in [1.54, 1.807) is 24.0 Å². The van der Waals surface area contributed by atoms with Crippen LogP contribution in [0.25, 0.3) is 0 Å². The van der Waals surface area contributed by atoms with Gasteiger partial charge in [-0.3, -0.25) is 14.5 Å². The summed E-state index contributed by atoms with van der Waals surface area (Å²) in [6.07, 6.45) is 0.352. The highest BCUT2D eigenvalue weighted by Gasteiger charge is 2.32. The number of alkyl halides is 3. The number of hydrogen-bond donors (Lipinski definition) is 4. The minimum atomic E-state index is -4.47. The molecule has 174 valence electrons. The van der Waals surface area contributed by atoms with Crippen molar-refractivity contribution in [3.8, 4) is 0 Å². The van der Waals surface area contributed by atoms with Gasteiger partial charge in [0.25, 0.3) is 0 Å². The number of pyridine rings is 1. The molecule has 0 spiro atoms. The van der Waals surface area contributed by atoms with Gasteiger partial charge in [-0.25, -0.2) is 4.98 Å². The number of carbonyl (C=O) groups excluding carboxylic acids is 1. The molecule has 4 N–H and O–H groups in total. The SMILES string of the molecule is Cc1nc(NCc2cnn(Cc3ccc(C(F)(F)F)nc3)c2)nc2c1NC(=O)C(CCO)N2. The lowest BCUT2D eigenvalue weighted by Gasteiger charge is -2.26. The van der Waals surface area contributed by atoms with Crippen molar-refractivity contribution in [2.24, 2.45) is 0 Å². The molecule has 33 heavy (non-hydrogen) atoms. The quantitative estimate of drug-likeness (QED) is 0.420. The van der Waals surface area contributed by atoms with E-state index in [-0.39, 0.29) is 25.5 Å². The van der Waals surface area contributed by atoms with E-state index >= 15 is 0 Å². The summed E-state index contributed by atoms with van der Waals surface area (Å²) in [5.74, 6) is 0.561. The van der Waals surface area contributed by atoms with Crippen LogP contribution < -0.4 is 16.0 Å². The average molecular weight is 462 g/mol. The number of rotatable bonds is 7. The molecule has 0 aliphatic carbocycles. The normalized spacial score (nSPS) is 15.5. The number of halogens is 3. The predicted molar refractivity (Wildman–Crippen MR) is 112 cm³/mol. The molecule has 1 unspecified atom stereocenters. The van der Waals surface area contributed by atoms with E-state index in [0.29, 0.717) is 35.3 Å². The summed E-state index contributed by atoms with van der Waals surface area (Å²) < 4.78 is 39.5. The van der Waals surface area contributed by atoms with E-state index in [2.05, 4.69) is 36.0 Å². The molecule has 0 saturated heterocycles. The van der Waals surface area contributed by atoms with Gasteiger partial charge >= 0.3 is 6.18 Å². The molecule has 13 heteroatoms. The van der Waals surface area contributed by atoms with Crippen LogP contribution in [0.1, 0.15) is 28.9 Å². The number of nitrogens with one attached hydrogen (secondary N) is 3. The largest absolute Gasteiger partial charge is 0.433 e. The molecule has 1 atom stereocenters. The molecule has 0 fully saturated rings. The van der Waals surface area contributed by atoms with Gasteiger partial charge in [0.15, 0.2) is 5.82 Å². The Kier molecular flexibility index (Phi) is 6.14. The predicted octanol–water partition coefficient (Wildman–Crippen LogP) is 2.17. The zero-order valence-corrected chi connectivity index (χ0v) is 17.5. The summed E-state index contributed by atoms with van der Waals surface area (Å²) in [5.41, 5.74) is 1.54. The molecule has 1 aliphatic rings. The fourth-order valence-electron chi connectivity index (χ4n) is 3.32. The first-order chi connectivity index (χ1) is 15.7. The van der Waals surface area contributed by atoms with Crippen LogP contribution in [0.4, 0.5) is 30.6 Å². The first kappa shape index (κ1) is 22.5. The van der Waals surface area contributed by atoms with Gasteiger partial charge in [0.2, 0.25) is 11.9 Å². The van der Waals surface area contributed by atoms with E-state index in [1.807, 2.05) is 0 Å². The lowest BCUT2D eigenvalue weighted by molar-refractivity contribution is -0.141. The van der Waals surface area contributed by atoms with Gasteiger partial charge in [-0.05, 0) is 25.0 Å². The molecule has 3 aromatic heterocycles. The third kappa shape index (κ3) is 5.19. The maximum Gasteiger partial charge on any atom is 0.433 e. The maximum absolute atomic E-state index is 12.6. The van der Waals surface area contributed by atoms with Crippen molar-refractivity contribution in [2.75, 3.05) is 22.6 Å². The van der Waals surface area contributed by atoms with Crippen molar-refractivity contribution >= 4 is 23.4 Å². The van der Waals surface area contributed by atoms with Gasteiger partial charge in [0, 0.05) is 31.1 Å². The number of amides is 1. The Hall–Kier alpha value is -3.74. The van der Waals surface area contributed by atoms with Crippen LogP contribution in [-0.2, 0) is 24.1 Å². The first-order valence-electron chi connectivity index (χ1n) is 10.1. The highest BCUT2D eigenvalue weighted by Crippen LogP contribution is 2.29. The first-order valence-corrected chi connectivity index (χ1v) is 10.1. The zero-order chi connectivity index (χ0) is 23.6. The second-order valence-corrected chi connectivity index (χ2v) is 7.50. The van der Waals surface area contributed by atoms with Crippen LogP contribution in [0.15, 0.2) is 30.7 Å². The van der Waals surface area contributed by atoms with Crippen molar-refractivity contribution in [2.45, 2.75) is 38.7 Å². The molecule has 1 amide bonds. The Morgan fingerprint density at radius 3 is 2.73 bits per heavy atom. The Labute approximate surface area is 186 Å². The lowest BCUT2D eigenvalue weighted by atomic mass is 10.1. The molecule has 10 nitrogen and oxygen atoms in total. The Balaban J connectivity index is 1.39. The molecule has 0 bridgehead atoms. The highest BCUT2D eigenvalue weighted by atomic mass is 19.4. The number of aryl methyl sites for hydroxylation is 1. The van der Waals surface area contributed by atoms with Gasteiger partial charge < -0.3 is 21.1 Å². The summed E-state index contributed by atoms with van der Waals surface area (Å²) >= 11 is 0. The number of nitrogens with zero attached hydrogens (tertiary/aromatic N) is 5. The van der Waals surface area contributed by atoms with Gasteiger partial charge in [-0.2, -0.15) is 23.3 Å². The van der Waals surface area contributed by atoms with Crippen molar-refractivity contribution in [1.29, 1.82) is 0 Å². The van der Waals surface area contributed by atoms with E-state index < -0.39 is 17.9 Å². The lowest BCUT2D eigenvalue weighted by Crippen LogP contribution is -2.40. The minimum absolute atomic E-state index is 0.137. The Bertz CT molecular complexity index is 1150. The molecule has 4 heterocycles. The van der Waals surface area contributed by atoms with E-state index in [1.165, 1.54) is 12.3 Å². The molecule has 4 rings (SSSR count). The summed E-state index contributed by atoms with van der Waals surface area (Å²) in [6.45, 7) is 2.24. The van der Waals surface area contributed by atoms with Crippen molar-refractivity contribution in [1.82, 2.24) is 24.7 Å². The summed E-state index contributed by atoms with van der Waals surface area (Å²) in [7, 11) is 0. The zero-order valence-electron chi connectivity index (χ0n) is 17.5. The second-order valence-electron chi connectivity index (χ2n) is 7.50. The molecular weight excluding hydrogens is 441 g/mol. The number of aliphatic hydroxyl groups is 1. The number of anilines is 3. The molecule has 0 radical (unpaired) electrons. The third-order valence-electron chi connectivity index (χ3n) is 4.98. The Morgan fingerprint density at radius 1 is 1.21 bits per heavy atom. The second kappa shape index (κ2) is 9.02. The summed E-state index contributed by atoms with van der Waals surface area (Å²) in [4.78, 5) is 24.3. The molecular formula is C20H21F3N8O2. The number of hydrogen-bond acceptors (Lipinski definition) is 8. The topological polar surface area (TPSA) is 130 Å². The third-order valence-corrected chi connectivity index (χ3v) is 4.98. The van der Waals surface area contributed by atoms with Crippen LogP contribution in [0.2, 0.25) is 0 Å². The van der Waals surface area contributed by atoms with Crippen molar-refractivity contribution < 1.29 is 23.1 Å². The van der Waals surface area contributed by atoms with Crippen LogP contribution in [0.3, 0.4) is 0 Å².